The molecule has 2 spiro atoms. The van der Waals surface area contributed by atoms with Crippen molar-refractivity contribution in [1.29, 1.82) is 0 Å². The van der Waals surface area contributed by atoms with Crippen LogP contribution >= 0.6 is 0 Å². The third kappa shape index (κ3) is 1.05. The van der Waals surface area contributed by atoms with Gasteiger partial charge >= 0.3 is 0 Å². The normalized spacial score (nSPS) is 33.0. The van der Waals surface area contributed by atoms with Gasteiger partial charge in [0.05, 0.1) is 16.7 Å². The Kier molecular flexibility index (Phi) is 2.03. The summed E-state index contributed by atoms with van der Waals surface area (Å²) in [7, 11) is 0. The Morgan fingerprint density at radius 1 is 1.06 bits per heavy atom. The summed E-state index contributed by atoms with van der Waals surface area (Å²) in [5, 5.41) is 16.0. The fraction of sp³-hybridized carbons (Fsp3) is 0.833. The van der Waals surface area contributed by atoms with Crippen molar-refractivity contribution in [3.05, 3.63) is 0 Å². The average Bonchev–Trinajstić information content (AvgIpc) is 2.93. The van der Waals surface area contributed by atoms with Crippen molar-refractivity contribution in [3.63, 3.8) is 0 Å². The van der Waals surface area contributed by atoms with Crippen LogP contribution in [-0.4, -0.2) is 22.4 Å². The highest BCUT2D eigenvalue weighted by atomic mass is 16.4. The van der Waals surface area contributed by atoms with E-state index >= 15 is 0 Å². The molecule has 0 aromatic heterocycles. The molecule has 0 unspecified atom stereocenters. The topological polar surface area (TPSA) is 61.7 Å². The van der Waals surface area contributed by atoms with Crippen molar-refractivity contribution in [2.45, 2.75) is 56.9 Å². The molecule has 2 saturated carbocycles. The maximum absolute atomic E-state index is 12.2. The van der Waals surface area contributed by atoms with Crippen molar-refractivity contribution < 1.29 is 10.0 Å². The number of amides is 1. The molecule has 2 aliphatic carbocycles. The second-order valence-electron chi connectivity index (χ2n) is 5.48. The lowest BCUT2D eigenvalue weighted by atomic mass is 9.76. The van der Waals surface area contributed by atoms with Gasteiger partial charge in [0.1, 0.15) is 0 Å². The molecule has 3 rings (SSSR count). The molecule has 3 aliphatic rings. The molecule has 0 aromatic carbocycles. The van der Waals surface area contributed by atoms with Crippen LogP contribution in [0.5, 0.6) is 0 Å². The van der Waals surface area contributed by atoms with Crippen LogP contribution < -0.4 is 5.32 Å². The minimum Gasteiger partial charge on any atom is -0.411 e. The Morgan fingerprint density at radius 2 is 1.62 bits per heavy atom. The van der Waals surface area contributed by atoms with Crippen LogP contribution in [0.4, 0.5) is 0 Å². The number of hydrogen-bond donors (Lipinski definition) is 2. The highest BCUT2D eigenvalue weighted by molar-refractivity contribution is 6.19. The maximum atomic E-state index is 12.2. The molecule has 3 fully saturated rings. The fourth-order valence-corrected chi connectivity index (χ4v) is 3.94. The zero-order valence-electron chi connectivity index (χ0n) is 9.46. The van der Waals surface area contributed by atoms with Crippen LogP contribution in [0.15, 0.2) is 5.16 Å². The van der Waals surface area contributed by atoms with Crippen molar-refractivity contribution >= 4 is 11.6 Å². The van der Waals surface area contributed by atoms with E-state index in [9.17, 15) is 10.0 Å². The highest BCUT2D eigenvalue weighted by Gasteiger charge is 2.61. The van der Waals surface area contributed by atoms with Gasteiger partial charge < -0.3 is 10.5 Å². The van der Waals surface area contributed by atoms with E-state index in [4.69, 9.17) is 0 Å². The lowest BCUT2D eigenvalue weighted by Gasteiger charge is -2.26. The van der Waals surface area contributed by atoms with Gasteiger partial charge in [-0.05, 0) is 25.7 Å². The lowest BCUT2D eigenvalue weighted by molar-refractivity contribution is -0.126. The first-order valence-electron chi connectivity index (χ1n) is 6.29. The molecular formula is C12H18N2O2. The summed E-state index contributed by atoms with van der Waals surface area (Å²) in [5.41, 5.74) is -0.00470. The number of hydrogen-bond acceptors (Lipinski definition) is 3. The first-order valence-corrected chi connectivity index (χ1v) is 6.29. The standard InChI is InChI=1S/C12H18N2O2/c15-10-11(5-1-2-6-11)9(14-16)12(13-10)7-3-4-8-12/h16H,1-8H2,(H,13,15)/b14-9+. The van der Waals surface area contributed by atoms with E-state index in [0.717, 1.165) is 57.1 Å². The molecule has 16 heavy (non-hydrogen) atoms. The molecule has 4 nitrogen and oxygen atoms in total. The number of carbonyl (C=O) groups is 1. The summed E-state index contributed by atoms with van der Waals surface area (Å²) in [5.74, 6) is 0.111. The van der Waals surface area contributed by atoms with Crippen molar-refractivity contribution in [1.82, 2.24) is 5.32 Å². The van der Waals surface area contributed by atoms with E-state index < -0.39 is 5.41 Å². The summed E-state index contributed by atoms with van der Waals surface area (Å²) >= 11 is 0. The van der Waals surface area contributed by atoms with Crippen molar-refractivity contribution in [3.8, 4) is 0 Å². The van der Waals surface area contributed by atoms with Crippen molar-refractivity contribution in [2.24, 2.45) is 10.6 Å². The van der Waals surface area contributed by atoms with E-state index in [1.54, 1.807) is 0 Å². The van der Waals surface area contributed by atoms with E-state index in [1.807, 2.05) is 0 Å². The third-order valence-electron chi connectivity index (χ3n) is 4.71. The molecular weight excluding hydrogens is 204 g/mol. The number of nitrogens with one attached hydrogen (secondary N) is 1. The quantitative estimate of drug-likeness (QED) is 0.485. The summed E-state index contributed by atoms with van der Waals surface area (Å²) < 4.78 is 0. The number of carbonyl (C=O) groups excluding carboxylic acids is 1. The van der Waals surface area contributed by atoms with Gasteiger partial charge in [0.15, 0.2) is 0 Å². The van der Waals surface area contributed by atoms with E-state index in [2.05, 4.69) is 10.5 Å². The van der Waals surface area contributed by atoms with Crippen LogP contribution in [0.25, 0.3) is 0 Å². The third-order valence-corrected chi connectivity index (χ3v) is 4.71. The SMILES string of the molecule is O=C1NC2(CCCC2)/C(=N/O)C12CCCC2. The Labute approximate surface area is 95.1 Å². The smallest absolute Gasteiger partial charge is 0.232 e. The Morgan fingerprint density at radius 3 is 2.19 bits per heavy atom. The predicted octanol–water partition coefficient (Wildman–Crippen LogP) is 1.82. The van der Waals surface area contributed by atoms with Gasteiger partial charge in [0.2, 0.25) is 5.91 Å². The second kappa shape index (κ2) is 3.22. The molecule has 0 atom stereocenters. The van der Waals surface area contributed by atoms with Crippen LogP contribution in [0.1, 0.15) is 51.4 Å². The van der Waals surface area contributed by atoms with Gasteiger partial charge in [-0.3, -0.25) is 4.79 Å². The van der Waals surface area contributed by atoms with E-state index in [-0.39, 0.29) is 11.4 Å². The summed E-state index contributed by atoms with van der Waals surface area (Å²) in [6, 6.07) is 0. The van der Waals surface area contributed by atoms with Gasteiger partial charge in [0, 0.05) is 0 Å². The molecule has 88 valence electrons. The predicted molar refractivity (Wildman–Crippen MR) is 59.5 cm³/mol. The minimum absolute atomic E-state index is 0.111. The largest absolute Gasteiger partial charge is 0.411 e. The molecule has 0 radical (unpaired) electrons. The molecule has 1 saturated heterocycles. The zero-order valence-corrected chi connectivity index (χ0v) is 9.46. The number of rotatable bonds is 0. The summed E-state index contributed by atoms with van der Waals surface area (Å²) in [4.78, 5) is 12.2. The number of oxime groups is 1. The first-order chi connectivity index (χ1) is 7.73. The van der Waals surface area contributed by atoms with Gasteiger partial charge in [-0.15, -0.1) is 0 Å². The van der Waals surface area contributed by atoms with Crippen LogP contribution in [0, 0.1) is 5.41 Å². The summed E-state index contributed by atoms with van der Waals surface area (Å²) in [6.07, 6.45) is 8.00. The zero-order chi connectivity index (χ0) is 11.2. The summed E-state index contributed by atoms with van der Waals surface area (Å²) in [6.45, 7) is 0. The molecule has 2 N–H and O–H groups in total. The second-order valence-corrected chi connectivity index (χ2v) is 5.48. The number of nitrogens with zero attached hydrogens (tertiary/aromatic N) is 1. The van der Waals surface area contributed by atoms with E-state index in [1.165, 1.54) is 0 Å². The average molecular weight is 222 g/mol. The maximum Gasteiger partial charge on any atom is 0.232 e. The van der Waals surface area contributed by atoms with Crippen molar-refractivity contribution in [2.75, 3.05) is 0 Å². The molecule has 1 heterocycles. The van der Waals surface area contributed by atoms with Crippen LogP contribution in [-0.2, 0) is 4.79 Å². The fourth-order valence-electron chi connectivity index (χ4n) is 3.94. The Hall–Kier alpha value is -1.06. The Bertz CT molecular complexity index is 350. The molecule has 1 amide bonds. The van der Waals surface area contributed by atoms with Crippen LogP contribution in [0.3, 0.4) is 0 Å². The van der Waals surface area contributed by atoms with Gasteiger partial charge in [-0.1, -0.05) is 30.8 Å². The Balaban J connectivity index is 2.05. The van der Waals surface area contributed by atoms with Gasteiger partial charge in [-0.2, -0.15) is 0 Å². The lowest BCUT2D eigenvalue weighted by Crippen LogP contribution is -2.44. The highest BCUT2D eigenvalue weighted by Crippen LogP contribution is 2.50. The molecule has 4 heteroatoms. The first kappa shape index (κ1) is 10.1. The van der Waals surface area contributed by atoms with Crippen LogP contribution in [0.2, 0.25) is 0 Å². The minimum atomic E-state index is -0.459. The van der Waals surface area contributed by atoms with Gasteiger partial charge in [0.25, 0.3) is 0 Å². The van der Waals surface area contributed by atoms with E-state index in [0.29, 0.717) is 0 Å². The molecule has 1 aliphatic heterocycles. The molecule has 0 bridgehead atoms. The molecule has 0 aromatic rings. The monoisotopic (exact) mass is 222 g/mol. The van der Waals surface area contributed by atoms with Gasteiger partial charge in [-0.25, -0.2) is 0 Å².